The fourth-order valence-electron chi connectivity index (χ4n) is 3.34. The van der Waals surface area contributed by atoms with Crippen molar-refractivity contribution in [2.45, 2.75) is 10.1 Å². The Morgan fingerprint density at radius 2 is 1.55 bits per heavy atom. The number of hydrogen-bond acceptors (Lipinski definition) is 4. The second kappa shape index (κ2) is 9.19. The number of amides is 2. The van der Waals surface area contributed by atoms with Crippen LogP contribution in [-0.4, -0.2) is 64.9 Å². The van der Waals surface area contributed by atoms with Crippen molar-refractivity contribution in [3.8, 4) is 0 Å². The average molecular weight is 417 g/mol. The van der Waals surface area contributed by atoms with E-state index in [1.54, 1.807) is 48.5 Å². The normalized spacial score (nSPS) is 16.2. The van der Waals surface area contributed by atoms with Gasteiger partial charge in [0.15, 0.2) is 9.84 Å². The van der Waals surface area contributed by atoms with Gasteiger partial charge in [0, 0.05) is 6.54 Å². The Labute approximate surface area is 171 Å². The average Bonchev–Trinajstić information content (AvgIpc) is 2.75. The van der Waals surface area contributed by atoms with Crippen LogP contribution in [0.4, 0.5) is 0 Å². The molecule has 8 heteroatoms. The Morgan fingerprint density at radius 3 is 2.14 bits per heavy atom. The molecular formula is C21H26N3O4S+. The zero-order chi connectivity index (χ0) is 20.9. The van der Waals surface area contributed by atoms with E-state index >= 15 is 0 Å². The van der Waals surface area contributed by atoms with Crippen LogP contribution in [0.5, 0.6) is 0 Å². The molecule has 1 saturated heterocycles. The molecule has 1 heterocycles. The Balaban J connectivity index is 1.76. The van der Waals surface area contributed by atoms with Crippen molar-refractivity contribution < 1.29 is 22.9 Å². The summed E-state index contributed by atoms with van der Waals surface area (Å²) in [5.74, 6) is -1.38. The molecule has 0 unspecified atom stereocenters. The molecule has 0 aliphatic carbocycles. The lowest BCUT2D eigenvalue weighted by atomic mass is 10.1. The van der Waals surface area contributed by atoms with Crippen molar-refractivity contribution in [2.75, 3.05) is 39.8 Å². The molecule has 1 aliphatic rings. The second-order valence-electron chi connectivity index (χ2n) is 7.22. The van der Waals surface area contributed by atoms with Gasteiger partial charge in [0.1, 0.15) is 5.25 Å². The van der Waals surface area contributed by atoms with E-state index in [0.717, 1.165) is 13.1 Å². The van der Waals surface area contributed by atoms with Gasteiger partial charge >= 0.3 is 11.8 Å². The molecule has 2 amide bonds. The highest BCUT2D eigenvalue weighted by Gasteiger charge is 2.32. The van der Waals surface area contributed by atoms with Crippen LogP contribution >= 0.6 is 0 Å². The number of piperazine rings is 1. The third-order valence-corrected chi connectivity index (χ3v) is 7.28. The first-order chi connectivity index (χ1) is 13.9. The molecule has 3 rings (SSSR count). The van der Waals surface area contributed by atoms with Gasteiger partial charge in [-0.15, -0.1) is 0 Å². The van der Waals surface area contributed by atoms with Gasteiger partial charge in [-0.3, -0.25) is 9.59 Å². The molecule has 0 radical (unpaired) electrons. The number of hydrogen-bond donors (Lipinski definition) is 2. The van der Waals surface area contributed by atoms with Crippen LogP contribution in [0.1, 0.15) is 10.8 Å². The summed E-state index contributed by atoms with van der Waals surface area (Å²) in [5.41, 5.74) is 0.562. The van der Waals surface area contributed by atoms with Crippen molar-refractivity contribution >= 4 is 21.7 Å². The highest BCUT2D eigenvalue weighted by molar-refractivity contribution is 7.91. The molecule has 0 saturated carbocycles. The van der Waals surface area contributed by atoms with Gasteiger partial charge in [0.05, 0.1) is 38.1 Å². The summed E-state index contributed by atoms with van der Waals surface area (Å²) in [7, 11) is -1.71. The highest BCUT2D eigenvalue weighted by atomic mass is 32.2. The highest BCUT2D eigenvalue weighted by Crippen LogP contribution is 2.28. The summed E-state index contributed by atoms with van der Waals surface area (Å²) in [6, 6.07) is 16.9. The van der Waals surface area contributed by atoms with Crippen molar-refractivity contribution in [1.29, 1.82) is 0 Å². The molecule has 1 fully saturated rings. The smallest absolute Gasteiger partial charge is 0.312 e. The van der Waals surface area contributed by atoms with E-state index in [4.69, 9.17) is 0 Å². The Kier molecular flexibility index (Phi) is 6.66. The number of carbonyl (C=O) groups excluding carboxylic acids is 2. The Hall–Kier alpha value is -2.71. The fraction of sp³-hybridized carbons (Fsp3) is 0.333. The Morgan fingerprint density at radius 1 is 1.00 bits per heavy atom. The van der Waals surface area contributed by atoms with Gasteiger partial charge in [-0.05, 0) is 17.7 Å². The number of carbonyl (C=O) groups is 2. The predicted molar refractivity (Wildman–Crippen MR) is 109 cm³/mol. The largest absolute Gasteiger partial charge is 0.346 e. The van der Waals surface area contributed by atoms with E-state index < -0.39 is 26.9 Å². The maximum atomic E-state index is 13.2. The molecule has 0 spiro atoms. The number of rotatable bonds is 5. The topological polar surface area (TPSA) is 88.0 Å². The van der Waals surface area contributed by atoms with E-state index in [0.29, 0.717) is 18.7 Å². The summed E-state index contributed by atoms with van der Waals surface area (Å²) in [6.07, 6.45) is 0. The molecule has 0 aromatic heterocycles. The molecule has 2 N–H and O–H groups in total. The minimum Gasteiger partial charge on any atom is -0.346 e. The SMILES string of the molecule is C[NH+]1CCN(C(=O)C(=O)NC[C@H](c2ccccc2)S(=O)(=O)c2ccccc2)CC1. The first kappa shape index (κ1) is 21.0. The van der Waals surface area contributed by atoms with Gasteiger partial charge in [-0.1, -0.05) is 48.5 Å². The summed E-state index contributed by atoms with van der Waals surface area (Å²) in [6.45, 7) is 2.43. The van der Waals surface area contributed by atoms with E-state index in [-0.39, 0.29) is 11.4 Å². The molecular weight excluding hydrogens is 390 g/mol. The second-order valence-corrected chi connectivity index (χ2v) is 9.35. The monoisotopic (exact) mass is 416 g/mol. The zero-order valence-electron chi connectivity index (χ0n) is 16.4. The van der Waals surface area contributed by atoms with E-state index in [9.17, 15) is 18.0 Å². The summed E-state index contributed by atoms with van der Waals surface area (Å²) in [5, 5.41) is 1.56. The molecule has 1 aliphatic heterocycles. The van der Waals surface area contributed by atoms with E-state index in [1.807, 2.05) is 7.05 Å². The number of nitrogens with zero attached hydrogens (tertiary/aromatic N) is 1. The van der Waals surface area contributed by atoms with E-state index in [2.05, 4.69) is 5.32 Å². The maximum Gasteiger partial charge on any atom is 0.312 e. The summed E-state index contributed by atoms with van der Waals surface area (Å²) in [4.78, 5) is 27.9. The first-order valence-electron chi connectivity index (χ1n) is 9.62. The lowest BCUT2D eigenvalue weighted by molar-refractivity contribution is -0.883. The lowest BCUT2D eigenvalue weighted by Gasteiger charge is -2.29. The standard InChI is InChI=1S/C21H25N3O4S/c1-23-12-14-24(15-13-23)21(26)20(25)22-16-19(17-8-4-2-5-9-17)29(27,28)18-10-6-3-7-11-18/h2-11,19H,12-16H2,1H3,(H,22,25)/p+1/t19-/m1/s1. The van der Waals surface area contributed by atoms with Crippen molar-refractivity contribution in [1.82, 2.24) is 10.2 Å². The summed E-state index contributed by atoms with van der Waals surface area (Å²) < 4.78 is 26.4. The predicted octanol–water partition coefficient (Wildman–Crippen LogP) is -0.325. The third kappa shape index (κ3) is 5.02. The minimum absolute atomic E-state index is 0.176. The molecule has 0 bridgehead atoms. The number of sulfone groups is 1. The van der Waals surface area contributed by atoms with Gasteiger partial charge in [0.25, 0.3) is 0 Å². The van der Waals surface area contributed by atoms with Crippen molar-refractivity contribution in [3.05, 3.63) is 66.2 Å². The van der Waals surface area contributed by atoms with Crippen LogP contribution in [0.3, 0.4) is 0 Å². The van der Waals surface area contributed by atoms with Crippen LogP contribution in [0.15, 0.2) is 65.6 Å². The number of likely N-dealkylation sites (N-methyl/N-ethyl adjacent to an activating group) is 1. The van der Waals surface area contributed by atoms with Gasteiger partial charge in [-0.25, -0.2) is 8.42 Å². The number of nitrogens with one attached hydrogen (secondary N) is 2. The maximum absolute atomic E-state index is 13.2. The number of benzene rings is 2. The van der Waals surface area contributed by atoms with Crippen LogP contribution in [0, 0.1) is 0 Å². The first-order valence-corrected chi connectivity index (χ1v) is 11.2. The summed E-state index contributed by atoms with van der Waals surface area (Å²) >= 11 is 0. The van der Waals surface area contributed by atoms with Gasteiger partial charge < -0.3 is 15.1 Å². The minimum atomic E-state index is -3.75. The molecule has 2 aromatic rings. The van der Waals surface area contributed by atoms with Crippen LogP contribution < -0.4 is 10.2 Å². The van der Waals surface area contributed by atoms with Crippen molar-refractivity contribution in [2.24, 2.45) is 0 Å². The molecule has 29 heavy (non-hydrogen) atoms. The lowest BCUT2D eigenvalue weighted by Crippen LogP contribution is -3.12. The van der Waals surface area contributed by atoms with E-state index in [1.165, 1.54) is 21.9 Å². The molecule has 1 atom stereocenters. The van der Waals surface area contributed by atoms with Crippen LogP contribution in [0.2, 0.25) is 0 Å². The fourth-order valence-corrected chi connectivity index (χ4v) is 5.03. The van der Waals surface area contributed by atoms with Crippen LogP contribution in [0.25, 0.3) is 0 Å². The zero-order valence-corrected chi connectivity index (χ0v) is 17.2. The third-order valence-electron chi connectivity index (χ3n) is 5.16. The molecule has 7 nitrogen and oxygen atoms in total. The van der Waals surface area contributed by atoms with Gasteiger partial charge in [0.2, 0.25) is 0 Å². The van der Waals surface area contributed by atoms with Crippen LogP contribution in [-0.2, 0) is 19.4 Å². The molecule has 154 valence electrons. The van der Waals surface area contributed by atoms with Gasteiger partial charge in [-0.2, -0.15) is 0 Å². The number of quaternary nitrogens is 1. The molecule has 2 aromatic carbocycles. The quantitative estimate of drug-likeness (QED) is 0.654. The van der Waals surface area contributed by atoms with Crippen molar-refractivity contribution in [3.63, 3.8) is 0 Å². The Bertz CT molecular complexity index is 940.